The van der Waals surface area contributed by atoms with E-state index in [1.807, 2.05) is 13.0 Å². The molecule has 0 atom stereocenters. The van der Waals surface area contributed by atoms with Gasteiger partial charge in [0.1, 0.15) is 0 Å². The number of pyridine rings is 2. The van der Waals surface area contributed by atoms with Gasteiger partial charge in [0.2, 0.25) is 0 Å². The minimum atomic E-state index is -0.350. The van der Waals surface area contributed by atoms with Crippen LogP contribution in [0.15, 0.2) is 24.5 Å². The Bertz CT molecular complexity index is 538. The first kappa shape index (κ1) is 10.5. The Hall–Kier alpha value is -1.97. The van der Waals surface area contributed by atoms with Gasteiger partial charge in [-0.25, -0.2) is 4.79 Å². The molecule has 16 heavy (non-hydrogen) atoms. The monoisotopic (exact) mass is 216 g/mol. The lowest BCUT2D eigenvalue weighted by molar-refractivity contribution is 0.0526. The molecule has 0 saturated heterocycles. The zero-order valence-electron chi connectivity index (χ0n) is 9.23. The molecule has 0 aliphatic carbocycles. The van der Waals surface area contributed by atoms with Crippen molar-refractivity contribution >= 4 is 16.9 Å². The minimum absolute atomic E-state index is 0.350. The van der Waals surface area contributed by atoms with Gasteiger partial charge in [0.05, 0.1) is 17.7 Å². The molecule has 0 aliphatic heterocycles. The van der Waals surface area contributed by atoms with Gasteiger partial charge in [-0.1, -0.05) is 0 Å². The van der Waals surface area contributed by atoms with Crippen molar-refractivity contribution in [1.82, 2.24) is 9.97 Å². The summed E-state index contributed by atoms with van der Waals surface area (Å²) in [7, 11) is 0. The lowest BCUT2D eigenvalue weighted by atomic mass is 10.2. The number of esters is 1. The topological polar surface area (TPSA) is 52.1 Å². The van der Waals surface area contributed by atoms with Crippen LogP contribution in [0.3, 0.4) is 0 Å². The van der Waals surface area contributed by atoms with Gasteiger partial charge in [-0.2, -0.15) is 0 Å². The van der Waals surface area contributed by atoms with Gasteiger partial charge < -0.3 is 4.74 Å². The number of aryl methyl sites for hydroxylation is 1. The van der Waals surface area contributed by atoms with Crippen LogP contribution in [0.5, 0.6) is 0 Å². The van der Waals surface area contributed by atoms with Gasteiger partial charge in [-0.15, -0.1) is 0 Å². The molecule has 2 heterocycles. The molecule has 0 saturated carbocycles. The summed E-state index contributed by atoms with van der Waals surface area (Å²) in [6.45, 7) is 4.04. The molecular formula is C12H12N2O2. The molecule has 0 aliphatic rings. The minimum Gasteiger partial charge on any atom is -0.462 e. The number of rotatable bonds is 2. The van der Waals surface area contributed by atoms with E-state index < -0.39 is 0 Å². The highest BCUT2D eigenvalue weighted by atomic mass is 16.5. The maximum absolute atomic E-state index is 11.5. The van der Waals surface area contributed by atoms with Crippen LogP contribution in [-0.2, 0) is 4.74 Å². The Balaban J connectivity index is 2.44. The standard InChI is InChI=1S/C12H12N2O2/c1-3-16-12(15)10-5-9-6-13-8(2)4-11(9)14-7-10/h4-7H,3H2,1-2H3. The number of carbonyl (C=O) groups is 1. The molecule has 0 bridgehead atoms. The van der Waals surface area contributed by atoms with Crippen molar-refractivity contribution in [3.8, 4) is 0 Å². The van der Waals surface area contributed by atoms with E-state index in [9.17, 15) is 4.79 Å². The summed E-state index contributed by atoms with van der Waals surface area (Å²) in [4.78, 5) is 19.8. The number of hydrogen-bond acceptors (Lipinski definition) is 4. The van der Waals surface area contributed by atoms with E-state index in [2.05, 4.69) is 9.97 Å². The van der Waals surface area contributed by atoms with Crippen molar-refractivity contribution in [2.75, 3.05) is 6.61 Å². The molecule has 0 fully saturated rings. The van der Waals surface area contributed by atoms with Crippen LogP contribution >= 0.6 is 0 Å². The van der Waals surface area contributed by atoms with Gasteiger partial charge in [-0.05, 0) is 26.0 Å². The van der Waals surface area contributed by atoms with Crippen LogP contribution in [0, 0.1) is 6.92 Å². The fraction of sp³-hybridized carbons (Fsp3) is 0.250. The largest absolute Gasteiger partial charge is 0.462 e. The Labute approximate surface area is 93.3 Å². The Morgan fingerprint density at radius 1 is 1.31 bits per heavy atom. The number of aromatic nitrogens is 2. The van der Waals surface area contributed by atoms with Crippen LogP contribution < -0.4 is 0 Å². The second-order valence-corrected chi connectivity index (χ2v) is 3.46. The highest BCUT2D eigenvalue weighted by molar-refractivity contribution is 5.93. The Kier molecular flexibility index (Phi) is 2.81. The molecule has 4 heteroatoms. The molecule has 0 unspecified atom stereocenters. The second-order valence-electron chi connectivity index (χ2n) is 3.46. The van der Waals surface area contributed by atoms with Crippen molar-refractivity contribution < 1.29 is 9.53 Å². The predicted octanol–water partition coefficient (Wildman–Crippen LogP) is 2.11. The number of hydrogen-bond donors (Lipinski definition) is 0. The van der Waals surface area contributed by atoms with Crippen LogP contribution in [0.1, 0.15) is 23.0 Å². The molecule has 82 valence electrons. The summed E-state index contributed by atoms with van der Waals surface area (Å²) in [5.41, 5.74) is 2.20. The fourth-order valence-corrected chi connectivity index (χ4v) is 1.45. The Morgan fingerprint density at radius 2 is 2.12 bits per heavy atom. The molecule has 2 aromatic heterocycles. The van der Waals surface area contributed by atoms with Crippen molar-refractivity contribution in [1.29, 1.82) is 0 Å². The first-order chi connectivity index (χ1) is 7.70. The lowest BCUT2D eigenvalue weighted by Crippen LogP contribution is -2.05. The van der Waals surface area contributed by atoms with E-state index in [1.54, 1.807) is 19.2 Å². The third kappa shape index (κ3) is 2.00. The predicted molar refractivity (Wildman–Crippen MR) is 60.2 cm³/mol. The molecule has 0 spiro atoms. The van der Waals surface area contributed by atoms with E-state index in [-0.39, 0.29) is 5.97 Å². The van der Waals surface area contributed by atoms with Gasteiger partial charge in [0.15, 0.2) is 0 Å². The maximum atomic E-state index is 11.5. The van der Waals surface area contributed by atoms with Gasteiger partial charge in [-0.3, -0.25) is 9.97 Å². The molecule has 4 nitrogen and oxygen atoms in total. The maximum Gasteiger partial charge on any atom is 0.339 e. The van der Waals surface area contributed by atoms with Crippen molar-refractivity contribution in [2.24, 2.45) is 0 Å². The highest BCUT2D eigenvalue weighted by Gasteiger charge is 2.07. The van der Waals surface area contributed by atoms with E-state index in [4.69, 9.17) is 4.74 Å². The smallest absolute Gasteiger partial charge is 0.339 e. The third-order valence-corrected chi connectivity index (χ3v) is 2.21. The average Bonchev–Trinajstić information content (AvgIpc) is 2.28. The molecular weight excluding hydrogens is 204 g/mol. The number of nitrogens with zero attached hydrogens (tertiary/aromatic N) is 2. The van der Waals surface area contributed by atoms with Gasteiger partial charge in [0, 0.05) is 23.5 Å². The molecule has 0 N–H and O–H groups in total. The zero-order chi connectivity index (χ0) is 11.5. The van der Waals surface area contributed by atoms with E-state index in [0.717, 1.165) is 16.6 Å². The fourth-order valence-electron chi connectivity index (χ4n) is 1.45. The average molecular weight is 216 g/mol. The first-order valence-electron chi connectivity index (χ1n) is 5.10. The zero-order valence-corrected chi connectivity index (χ0v) is 9.23. The van der Waals surface area contributed by atoms with Crippen molar-refractivity contribution in [2.45, 2.75) is 13.8 Å². The highest BCUT2D eigenvalue weighted by Crippen LogP contribution is 2.13. The molecule has 2 aromatic rings. The number of ether oxygens (including phenoxy) is 1. The van der Waals surface area contributed by atoms with E-state index >= 15 is 0 Å². The van der Waals surface area contributed by atoms with E-state index in [1.165, 1.54) is 6.20 Å². The summed E-state index contributed by atoms with van der Waals surface area (Å²) in [5.74, 6) is -0.350. The van der Waals surface area contributed by atoms with Crippen LogP contribution in [0.4, 0.5) is 0 Å². The normalized spacial score (nSPS) is 10.4. The summed E-state index contributed by atoms with van der Waals surface area (Å²) in [6.07, 6.45) is 3.24. The van der Waals surface area contributed by atoms with Crippen molar-refractivity contribution in [3.05, 3.63) is 35.8 Å². The van der Waals surface area contributed by atoms with Gasteiger partial charge >= 0.3 is 5.97 Å². The third-order valence-electron chi connectivity index (χ3n) is 2.21. The molecule has 2 rings (SSSR count). The summed E-state index contributed by atoms with van der Waals surface area (Å²) < 4.78 is 4.90. The van der Waals surface area contributed by atoms with E-state index in [0.29, 0.717) is 12.2 Å². The lowest BCUT2D eigenvalue weighted by Gasteiger charge is -2.03. The second kappa shape index (κ2) is 4.26. The number of carbonyl (C=O) groups excluding carboxylic acids is 1. The van der Waals surface area contributed by atoms with Gasteiger partial charge in [0.25, 0.3) is 0 Å². The number of fused-ring (bicyclic) bond motifs is 1. The molecule has 0 amide bonds. The molecule has 0 radical (unpaired) electrons. The summed E-state index contributed by atoms with van der Waals surface area (Å²) in [6, 6.07) is 3.62. The molecule has 0 aromatic carbocycles. The van der Waals surface area contributed by atoms with Crippen LogP contribution in [0.2, 0.25) is 0 Å². The first-order valence-corrected chi connectivity index (χ1v) is 5.10. The SMILES string of the molecule is CCOC(=O)c1cnc2cc(C)ncc2c1. The summed E-state index contributed by atoms with van der Waals surface area (Å²) in [5, 5.41) is 0.844. The Morgan fingerprint density at radius 3 is 2.88 bits per heavy atom. The quantitative estimate of drug-likeness (QED) is 0.721. The van der Waals surface area contributed by atoms with Crippen molar-refractivity contribution in [3.63, 3.8) is 0 Å². The van der Waals surface area contributed by atoms with Crippen LogP contribution in [-0.4, -0.2) is 22.5 Å². The van der Waals surface area contributed by atoms with Crippen LogP contribution in [0.25, 0.3) is 10.9 Å². The summed E-state index contributed by atoms with van der Waals surface area (Å²) >= 11 is 0.